The summed E-state index contributed by atoms with van der Waals surface area (Å²) >= 11 is 0. The molecule has 1 amide bonds. The number of hydrogen-bond acceptors (Lipinski definition) is 4. The highest BCUT2D eigenvalue weighted by Gasteiger charge is 2.36. The van der Waals surface area contributed by atoms with Gasteiger partial charge in [0.1, 0.15) is 12.2 Å². The molecule has 6 nitrogen and oxygen atoms in total. The van der Waals surface area contributed by atoms with Crippen molar-refractivity contribution in [2.24, 2.45) is 5.41 Å². The summed E-state index contributed by atoms with van der Waals surface area (Å²) in [6.07, 6.45) is 2.32. The van der Waals surface area contributed by atoms with Gasteiger partial charge in [-0.2, -0.15) is 5.10 Å². The van der Waals surface area contributed by atoms with E-state index in [-0.39, 0.29) is 17.4 Å². The zero-order chi connectivity index (χ0) is 11.6. The topological polar surface area (TPSA) is 82.7 Å². The van der Waals surface area contributed by atoms with Gasteiger partial charge in [-0.1, -0.05) is 0 Å². The van der Waals surface area contributed by atoms with Crippen LogP contribution < -0.4 is 10.6 Å². The van der Waals surface area contributed by atoms with Gasteiger partial charge >= 0.3 is 0 Å². The summed E-state index contributed by atoms with van der Waals surface area (Å²) < 4.78 is 0. The van der Waals surface area contributed by atoms with E-state index >= 15 is 0 Å². The summed E-state index contributed by atoms with van der Waals surface area (Å²) in [5.74, 6) is 0.754. The minimum atomic E-state index is -0.297. The van der Waals surface area contributed by atoms with E-state index in [4.69, 9.17) is 0 Å². The number of aromatic nitrogens is 3. The van der Waals surface area contributed by atoms with E-state index in [0.717, 1.165) is 19.5 Å². The lowest BCUT2D eigenvalue weighted by atomic mass is 9.88. The first-order valence-electron chi connectivity index (χ1n) is 5.49. The highest BCUT2D eigenvalue weighted by molar-refractivity contribution is 5.83. The van der Waals surface area contributed by atoms with Gasteiger partial charge in [0.2, 0.25) is 5.91 Å². The molecule has 0 aliphatic carbocycles. The third-order valence-corrected chi connectivity index (χ3v) is 3.11. The first kappa shape index (κ1) is 11.1. The van der Waals surface area contributed by atoms with E-state index < -0.39 is 0 Å². The van der Waals surface area contributed by atoms with Crippen molar-refractivity contribution >= 4 is 5.91 Å². The highest BCUT2D eigenvalue weighted by Crippen LogP contribution is 2.25. The lowest BCUT2D eigenvalue weighted by Crippen LogP contribution is -2.41. The quantitative estimate of drug-likeness (QED) is 0.672. The van der Waals surface area contributed by atoms with Crippen LogP contribution in [0.4, 0.5) is 0 Å². The summed E-state index contributed by atoms with van der Waals surface area (Å²) in [4.78, 5) is 16.1. The Balaban J connectivity index is 1.97. The second kappa shape index (κ2) is 4.21. The van der Waals surface area contributed by atoms with Crippen LogP contribution in [0.1, 0.15) is 32.1 Å². The fourth-order valence-corrected chi connectivity index (χ4v) is 1.87. The van der Waals surface area contributed by atoms with Crippen molar-refractivity contribution < 1.29 is 4.79 Å². The Morgan fingerprint density at radius 1 is 1.69 bits per heavy atom. The number of hydrogen-bond donors (Lipinski definition) is 3. The fourth-order valence-electron chi connectivity index (χ4n) is 1.87. The average molecular weight is 223 g/mol. The van der Waals surface area contributed by atoms with E-state index in [2.05, 4.69) is 25.8 Å². The molecule has 2 heterocycles. The van der Waals surface area contributed by atoms with Crippen molar-refractivity contribution in [3.63, 3.8) is 0 Å². The number of carbonyl (C=O) groups is 1. The predicted molar refractivity (Wildman–Crippen MR) is 58.5 cm³/mol. The van der Waals surface area contributed by atoms with E-state index in [1.54, 1.807) is 0 Å². The van der Waals surface area contributed by atoms with Crippen molar-refractivity contribution in [2.75, 3.05) is 13.1 Å². The Morgan fingerprint density at radius 3 is 3.06 bits per heavy atom. The van der Waals surface area contributed by atoms with Gasteiger partial charge in [-0.05, 0) is 26.8 Å². The maximum Gasteiger partial charge on any atom is 0.227 e. The van der Waals surface area contributed by atoms with Crippen molar-refractivity contribution in [2.45, 2.75) is 26.3 Å². The molecular weight excluding hydrogens is 206 g/mol. The van der Waals surface area contributed by atoms with Gasteiger partial charge in [-0.25, -0.2) is 4.98 Å². The number of H-pyrrole nitrogens is 1. The maximum absolute atomic E-state index is 12.1. The third-order valence-electron chi connectivity index (χ3n) is 3.11. The Bertz CT molecular complexity index is 355. The monoisotopic (exact) mass is 223 g/mol. The smallest absolute Gasteiger partial charge is 0.227 e. The second-order valence-electron chi connectivity index (χ2n) is 4.55. The number of carbonyl (C=O) groups excluding carboxylic acids is 1. The Morgan fingerprint density at radius 2 is 2.50 bits per heavy atom. The second-order valence-corrected chi connectivity index (χ2v) is 4.55. The fraction of sp³-hybridized carbons (Fsp3) is 0.700. The molecule has 1 aromatic heterocycles. The molecule has 0 radical (unpaired) electrons. The van der Waals surface area contributed by atoms with E-state index in [1.807, 2.05) is 13.8 Å². The molecule has 2 unspecified atom stereocenters. The lowest BCUT2D eigenvalue weighted by molar-refractivity contribution is -0.129. The molecule has 1 aromatic rings. The molecule has 88 valence electrons. The summed E-state index contributed by atoms with van der Waals surface area (Å²) in [5, 5.41) is 12.7. The van der Waals surface area contributed by atoms with Crippen LogP contribution in [0, 0.1) is 5.41 Å². The van der Waals surface area contributed by atoms with Crippen LogP contribution in [-0.2, 0) is 4.79 Å². The number of nitrogens with zero attached hydrogens (tertiary/aromatic N) is 2. The molecule has 0 saturated carbocycles. The summed E-state index contributed by atoms with van der Waals surface area (Å²) in [6, 6.07) is -0.132. The van der Waals surface area contributed by atoms with Crippen LogP contribution in [0.3, 0.4) is 0 Å². The third kappa shape index (κ3) is 2.06. The first-order valence-corrected chi connectivity index (χ1v) is 5.49. The zero-order valence-electron chi connectivity index (χ0n) is 9.58. The molecule has 2 atom stereocenters. The first-order chi connectivity index (χ1) is 7.62. The van der Waals surface area contributed by atoms with Gasteiger partial charge in [-0.15, -0.1) is 0 Å². The molecule has 0 aromatic carbocycles. The molecule has 1 fully saturated rings. The summed E-state index contributed by atoms with van der Waals surface area (Å²) in [6.45, 7) is 5.52. The molecule has 1 aliphatic heterocycles. The molecule has 1 saturated heterocycles. The Hall–Kier alpha value is -1.43. The van der Waals surface area contributed by atoms with Gasteiger partial charge in [0.05, 0.1) is 11.5 Å². The average Bonchev–Trinajstić information content (AvgIpc) is 2.88. The number of rotatable bonds is 3. The van der Waals surface area contributed by atoms with Gasteiger partial charge in [-0.3, -0.25) is 9.89 Å². The van der Waals surface area contributed by atoms with Crippen molar-refractivity contribution in [1.82, 2.24) is 25.8 Å². The van der Waals surface area contributed by atoms with E-state index in [0.29, 0.717) is 5.82 Å². The van der Waals surface area contributed by atoms with Crippen LogP contribution >= 0.6 is 0 Å². The van der Waals surface area contributed by atoms with Crippen LogP contribution in [0.2, 0.25) is 0 Å². The molecular formula is C10H17N5O. The predicted octanol–water partition coefficient (Wildman–Crippen LogP) is -0.0185. The molecule has 1 aliphatic rings. The van der Waals surface area contributed by atoms with Gasteiger partial charge in [0.15, 0.2) is 0 Å². The highest BCUT2D eigenvalue weighted by atomic mass is 16.2. The lowest BCUT2D eigenvalue weighted by Gasteiger charge is -2.23. The largest absolute Gasteiger partial charge is 0.346 e. The zero-order valence-corrected chi connectivity index (χ0v) is 9.58. The number of nitrogens with one attached hydrogen (secondary N) is 3. The maximum atomic E-state index is 12.1. The van der Waals surface area contributed by atoms with Crippen LogP contribution in [0.25, 0.3) is 0 Å². The van der Waals surface area contributed by atoms with Crippen LogP contribution in [0.15, 0.2) is 6.33 Å². The minimum absolute atomic E-state index is 0.0707. The van der Waals surface area contributed by atoms with Crippen molar-refractivity contribution in [3.8, 4) is 0 Å². The molecule has 2 rings (SSSR count). The van der Waals surface area contributed by atoms with E-state index in [9.17, 15) is 4.79 Å². The van der Waals surface area contributed by atoms with Crippen molar-refractivity contribution in [3.05, 3.63) is 12.2 Å². The molecule has 6 heteroatoms. The summed E-state index contributed by atoms with van der Waals surface area (Å²) in [7, 11) is 0. The Kier molecular flexibility index (Phi) is 2.91. The van der Waals surface area contributed by atoms with Gasteiger partial charge < -0.3 is 10.6 Å². The van der Waals surface area contributed by atoms with Crippen LogP contribution in [-0.4, -0.2) is 34.2 Å². The van der Waals surface area contributed by atoms with Crippen molar-refractivity contribution in [1.29, 1.82) is 0 Å². The van der Waals surface area contributed by atoms with Gasteiger partial charge in [0.25, 0.3) is 0 Å². The molecule has 0 bridgehead atoms. The normalized spacial score (nSPS) is 26.6. The molecule has 3 N–H and O–H groups in total. The van der Waals surface area contributed by atoms with Gasteiger partial charge in [0, 0.05) is 6.54 Å². The summed E-state index contributed by atoms with van der Waals surface area (Å²) in [5.41, 5.74) is -0.297. The Labute approximate surface area is 94.2 Å². The number of aromatic amines is 1. The van der Waals surface area contributed by atoms with Crippen LogP contribution in [0.5, 0.6) is 0 Å². The van der Waals surface area contributed by atoms with E-state index in [1.165, 1.54) is 6.33 Å². The SMILES string of the molecule is CC(NC(=O)C1(C)CCNC1)c1ncn[nH]1. The molecule has 16 heavy (non-hydrogen) atoms. The minimum Gasteiger partial charge on any atom is -0.346 e. The number of amides is 1. The standard InChI is InChI=1S/C10H17N5O/c1-7(8-12-6-13-15-8)14-9(16)10(2)3-4-11-5-10/h6-7,11H,3-5H2,1-2H3,(H,14,16)(H,12,13,15). The molecule has 0 spiro atoms.